The zero-order valence-electron chi connectivity index (χ0n) is 12.0. The Morgan fingerprint density at radius 3 is 2.12 bits per heavy atom. The van der Waals surface area contributed by atoms with Gasteiger partial charge in [-0.05, 0) is 66.6 Å². The van der Waals surface area contributed by atoms with Crippen molar-refractivity contribution in [3.05, 3.63) is 0 Å². The molecule has 0 saturated heterocycles. The van der Waals surface area contributed by atoms with E-state index in [1.807, 2.05) is 6.92 Å². The van der Waals surface area contributed by atoms with Gasteiger partial charge in [0.1, 0.15) is 0 Å². The number of aliphatic hydroxyl groups is 1. The summed E-state index contributed by atoms with van der Waals surface area (Å²) in [6.07, 6.45) is 4.10. The van der Waals surface area contributed by atoms with Crippen molar-refractivity contribution in [2.75, 3.05) is 0 Å². The van der Waals surface area contributed by atoms with Crippen LogP contribution in [0.3, 0.4) is 0 Å². The quantitative estimate of drug-likeness (QED) is 0.792. The Labute approximate surface area is 106 Å². The first-order valence-corrected chi connectivity index (χ1v) is 7.47. The van der Waals surface area contributed by atoms with E-state index in [2.05, 4.69) is 27.7 Å². The van der Waals surface area contributed by atoms with Crippen LogP contribution in [-0.4, -0.2) is 11.2 Å². The molecule has 98 valence electrons. The Morgan fingerprint density at radius 2 is 1.71 bits per heavy atom. The molecule has 0 heterocycles. The minimum absolute atomic E-state index is 0.0860. The van der Waals surface area contributed by atoms with Crippen molar-refractivity contribution in [1.29, 1.82) is 0 Å². The summed E-state index contributed by atoms with van der Waals surface area (Å²) in [7, 11) is 0. The predicted octanol–water partition coefficient (Wildman–Crippen LogP) is 3.71. The molecular weight excluding hydrogens is 208 g/mol. The maximum Gasteiger partial charge on any atom is 0.0543 e. The van der Waals surface area contributed by atoms with Gasteiger partial charge in [-0.2, -0.15) is 0 Å². The summed E-state index contributed by atoms with van der Waals surface area (Å²) in [4.78, 5) is 0. The maximum absolute atomic E-state index is 9.70. The first kappa shape index (κ1) is 12.0. The molecule has 0 bridgehead atoms. The van der Waals surface area contributed by atoms with E-state index in [1.165, 1.54) is 19.3 Å². The number of fused-ring (bicyclic) bond motifs is 1. The van der Waals surface area contributed by atoms with E-state index in [0.717, 1.165) is 23.7 Å². The lowest BCUT2D eigenvalue weighted by Gasteiger charge is -2.39. The Hall–Kier alpha value is -0.0400. The standard InChI is InChI=1S/C16H28O/c1-9(12-7-13(12)10(2)17)14-6-11-8-16(11,5)15(14,3)4/h9-14,17H,6-8H2,1-5H3. The van der Waals surface area contributed by atoms with Crippen LogP contribution < -0.4 is 0 Å². The monoisotopic (exact) mass is 236 g/mol. The number of rotatable bonds is 3. The fraction of sp³-hybridized carbons (Fsp3) is 1.00. The molecule has 0 aromatic rings. The first-order chi connectivity index (χ1) is 7.79. The summed E-state index contributed by atoms with van der Waals surface area (Å²) in [5.41, 5.74) is 1.16. The number of hydrogen-bond acceptors (Lipinski definition) is 1. The second-order valence-corrected chi connectivity index (χ2v) is 8.05. The molecule has 17 heavy (non-hydrogen) atoms. The highest BCUT2D eigenvalue weighted by Crippen LogP contribution is 2.76. The highest BCUT2D eigenvalue weighted by molar-refractivity contribution is 5.17. The van der Waals surface area contributed by atoms with Gasteiger partial charge in [0.05, 0.1) is 6.10 Å². The smallest absolute Gasteiger partial charge is 0.0543 e. The van der Waals surface area contributed by atoms with Crippen molar-refractivity contribution in [2.24, 2.45) is 40.4 Å². The molecule has 3 aliphatic rings. The second kappa shape index (κ2) is 3.29. The highest BCUT2D eigenvalue weighted by Gasteiger charge is 2.68. The Morgan fingerprint density at radius 1 is 1.06 bits per heavy atom. The van der Waals surface area contributed by atoms with Gasteiger partial charge in [-0.3, -0.25) is 0 Å². The van der Waals surface area contributed by atoms with E-state index in [9.17, 15) is 5.11 Å². The number of aliphatic hydroxyl groups excluding tert-OH is 1. The van der Waals surface area contributed by atoms with E-state index in [-0.39, 0.29) is 6.10 Å². The lowest BCUT2D eigenvalue weighted by atomic mass is 9.66. The van der Waals surface area contributed by atoms with Crippen molar-refractivity contribution in [1.82, 2.24) is 0 Å². The molecule has 3 aliphatic carbocycles. The van der Waals surface area contributed by atoms with Crippen LogP contribution in [0.4, 0.5) is 0 Å². The topological polar surface area (TPSA) is 20.2 Å². The molecule has 3 fully saturated rings. The molecule has 7 atom stereocenters. The Balaban J connectivity index is 1.71. The summed E-state index contributed by atoms with van der Waals surface area (Å²) in [6, 6.07) is 0. The van der Waals surface area contributed by atoms with Crippen LogP contribution in [0.1, 0.15) is 53.9 Å². The zero-order chi connectivity index (χ0) is 12.6. The molecule has 1 heteroatoms. The van der Waals surface area contributed by atoms with Gasteiger partial charge in [-0.15, -0.1) is 0 Å². The third kappa shape index (κ3) is 1.47. The highest BCUT2D eigenvalue weighted by atomic mass is 16.3. The number of hydrogen-bond donors (Lipinski definition) is 1. The van der Waals surface area contributed by atoms with Gasteiger partial charge in [0.15, 0.2) is 0 Å². The van der Waals surface area contributed by atoms with Crippen molar-refractivity contribution >= 4 is 0 Å². The van der Waals surface area contributed by atoms with E-state index in [4.69, 9.17) is 0 Å². The molecule has 0 radical (unpaired) electrons. The van der Waals surface area contributed by atoms with Gasteiger partial charge in [0.2, 0.25) is 0 Å². The van der Waals surface area contributed by atoms with Gasteiger partial charge >= 0.3 is 0 Å². The predicted molar refractivity (Wildman–Crippen MR) is 70.5 cm³/mol. The first-order valence-electron chi connectivity index (χ1n) is 7.47. The Kier molecular flexibility index (Phi) is 2.32. The summed E-state index contributed by atoms with van der Waals surface area (Å²) < 4.78 is 0. The third-order valence-electron chi connectivity index (χ3n) is 7.17. The molecule has 1 nitrogen and oxygen atoms in total. The van der Waals surface area contributed by atoms with E-state index >= 15 is 0 Å². The molecule has 0 amide bonds. The molecule has 0 spiro atoms. The second-order valence-electron chi connectivity index (χ2n) is 8.05. The SMILES string of the molecule is CC(O)C1CC1C(C)C1CC2CC2(C)C1(C)C. The van der Waals surface area contributed by atoms with Crippen molar-refractivity contribution in [2.45, 2.75) is 60.0 Å². The minimum Gasteiger partial charge on any atom is -0.393 e. The average Bonchev–Trinajstić information content (AvgIpc) is 3.06. The lowest BCUT2D eigenvalue weighted by molar-refractivity contribution is 0.0839. The third-order valence-corrected chi connectivity index (χ3v) is 7.17. The summed E-state index contributed by atoms with van der Waals surface area (Å²) in [6.45, 7) is 11.9. The minimum atomic E-state index is -0.0860. The van der Waals surface area contributed by atoms with Crippen LogP contribution in [0.25, 0.3) is 0 Å². The molecular formula is C16H28O. The largest absolute Gasteiger partial charge is 0.393 e. The van der Waals surface area contributed by atoms with E-state index in [1.54, 1.807) is 0 Å². The molecule has 1 N–H and O–H groups in total. The van der Waals surface area contributed by atoms with E-state index in [0.29, 0.717) is 16.7 Å². The summed E-state index contributed by atoms with van der Waals surface area (Å²) in [5, 5.41) is 9.70. The van der Waals surface area contributed by atoms with Crippen LogP contribution in [0.15, 0.2) is 0 Å². The van der Waals surface area contributed by atoms with Gasteiger partial charge < -0.3 is 5.11 Å². The van der Waals surface area contributed by atoms with Gasteiger partial charge in [-0.1, -0.05) is 27.7 Å². The fourth-order valence-corrected chi connectivity index (χ4v) is 5.18. The van der Waals surface area contributed by atoms with Crippen molar-refractivity contribution < 1.29 is 5.11 Å². The van der Waals surface area contributed by atoms with Gasteiger partial charge in [0, 0.05) is 0 Å². The van der Waals surface area contributed by atoms with Crippen molar-refractivity contribution in [3.63, 3.8) is 0 Å². The van der Waals surface area contributed by atoms with Crippen LogP contribution in [-0.2, 0) is 0 Å². The summed E-state index contributed by atoms with van der Waals surface area (Å²) in [5.74, 6) is 4.12. The zero-order valence-corrected chi connectivity index (χ0v) is 12.0. The van der Waals surface area contributed by atoms with Crippen LogP contribution >= 0.6 is 0 Å². The molecule has 0 aromatic carbocycles. The maximum atomic E-state index is 9.70. The molecule has 3 rings (SSSR count). The fourth-order valence-electron chi connectivity index (χ4n) is 5.18. The van der Waals surface area contributed by atoms with Crippen LogP contribution in [0.5, 0.6) is 0 Å². The van der Waals surface area contributed by atoms with Gasteiger partial charge in [0.25, 0.3) is 0 Å². The summed E-state index contributed by atoms with van der Waals surface area (Å²) >= 11 is 0. The van der Waals surface area contributed by atoms with Crippen LogP contribution in [0.2, 0.25) is 0 Å². The normalized spacial score (nSPS) is 54.0. The molecule has 3 saturated carbocycles. The molecule has 0 aromatic heterocycles. The molecule has 0 aliphatic heterocycles. The van der Waals surface area contributed by atoms with E-state index < -0.39 is 0 Å². The van der Waals surface area contributed by atoms with Crippen molar-refractivity contribution in [3.8, 4) is 0 Å². The van der Waals surface area contributed by atoms with Gasteiger partial charge in [-0.25, -0.2) is 0 Å². The lowest BCUT2D eigenvalue weighted by Crippen LogP contribution is -2.33. The molecule has 7 unspecified atom stereocenters. The van der Waals surface area contributed by atoms with Crippen LogP contribution in [0, 0.1) is 40.4 Å². The average molecular weight is 236 g/mol. The Bertz CT molecular complexity index is 332.